The van der Waals surface area contributed by atoms with Crippen molar-refractivity contribution < 1.29 is 9.59 Å². The number of hydrogen-bond acceptors (Lipinski definition) is 4. The lowest BCUT2D eigenvalue weighted by atomic mass is 9.87. The van der Waals surface area contributed by atoms with Crippen molar-refractivity contribution in [2.45, 2.75) is 27.7 Å². The minimum Gasteiger partial charge on any atom is -0.324 e. The van der Waals surface area contributed by atoms with Crippen LogP contribution >= 0.6 is 0 Å². The van der Waals surface area contributed by atoms with Crippen LogP contribution in [-0.2, 0) is 9.59 Å². The highest BCUT2D eigenvalue weighted by atomic mass is 16.2. The zero-order valence-corrected chi connectivity index (χ0v) is 30.6. The van der Waals surface area contributed by atoms with Gasteiger partial charge in [-0.2, -0.15) is 10.5 Å². The summed E-state index contributed by atoms with van der Waals surface area (Å²) in [6.45, 7) is 7.39. The smallest absolute Gasteiger partial charge is 0.226 e. The predicted molar refractivity (Wildman–Crippen MR) is 220 cm³/mol. The third-order valence-corrected chi connectivity index (χ3v) is 9.79. The van der Waals surface area contributed by atoms with E-state index in [0.29, 0.717) is 22.5 Å². The lowest BCUT2D eigenvalue weighted by Gasteiger charge is -2.24. The first-order valence-electron chi connectivity index (χ1n) is 18.0. The van der Waals surface area contributed by atoms with Crippen LogP contribution in [0.3, 0.4) is 0 Å². The number of carbonyl (C=O) groups excluding carboxylic acids is 2. The second-order valence-electron chi connectivity index (χ2n) is 14.0. The summed E-state index contributed by atoms with van der Waals surface area (Å²) in [4.78, 5) is 27.5. The van der Waals surface area contributed by atoms with E-state index in [0.717, 1.165) is 66.1 Å². The molecule has 54 heavy (non-hydrogen) atoms. The molecule has 0 saturated carbocycles. The third kappa shape index (κ3) is 6.70. The molecule has 0 heterocycles. The van der Waals surface area contributed by atoms with E-state index in [1.807, 2.05) is 125 Å². The average Bonchev–Trinajstić information content (AvgIpc) is 3.20. The Morgan fingerprint density at radius 3 is 1.09 bits per heavy atom. The second-order valence-corrected chi connectivity index (χ2v) is 14.0. The molecule has 0 spiro atoms. The Morgan fingerprint density at radius 2 is 0.778 bits per heavy atom. The van der Waals surface area contributed by atoms with Crippen molar-refractivity contribution in [3.8, 4) is 56.6 Å². The van der Waals surface area contributed by atoms with Gasteiger partial charge in [0.1, 0.15) is 0 Å². The van der Waals surface area contributed by atoms with E-state index >= 15 is 0 Å². The minimum atomic E-state index is -0.336. The first-order valence-corrected chi connectivity index (χ1v) is 18.0. The molecule has 6 nitrogen and oxygen atoms in total. The summed E-state index contributed by atoms with van der Waals surface area (Å²) in [5.41, 5.74) is 9.32. The molecule has 0 aliphatic carbocycles. The van der Waals surface area contributed by atoms with Gasteiger partial charge in [0.2, 0.25) is 11.8 Å². The maximum absolute atomic E-state index is 13.8. The molecule has 262 valence electrons. The van der Waals surface area contributed by atoms with Crippen LogP contribution in [0.25, 0.3) is 66.1 Å². The molecule has 2 N–H and O–H groups in total. The van der Waals surface area contributed by atoms with Crippen LogP contribution in [-0.4, -0.2) is 11.8 Å². The van der Waals surface area contributed by atoms with Gasteiger partial charge in [-0.3, -0.25) is 9.59 Å². The Balaban J connectivity index is 1.55. The topological polar surface area (TPSA) is 106 Å². The number of nitrogens with zero attached hydrogens (tertiary/aromatic N) is 2. The van der Waals surface area contributed by atoms with Crippen LogP contribution in [0.2, 0.25) is 0 Å². The van der Waals surface area contributed by atoms with E-state index in [-0.39, 0.29) is 23.7 Å². The van der Waals surface area contributed by atoms with Gasteiger partial charge >= 0.3 is 0 Å². The molecule has 0 radical (unpaired) electrons. The molecule has 2 amide bonds. The molecule has 7 aromatic carbocycles. The third-order valence-electron chi connectivity index (χ3n) is 9.79. The van der Waals surface area contributed by atoms with Gasteiger partial charge in [0.05, 0.1) is 34.6 Å². The predicted octanol–water partition coefficient (Wildman–Crippen LogP) is 11.6. The van der Waals surface area contributed by atoms with Gasteiger partial charge in [0.15, 0.2) is 0 Å². The minimum absolute atomic E-state index is 0.183. The van der Waals surface area contributed by atoms with Crippen LogP contribution in [0, 0.1) is 34.5 Å². The normalized spacial score (nSPS) is 11.0. The molecular weight excluding hydrogens is 665 g/mol. The molecule has 0 atom stereocenters. The number of fused-ring (bicyclic) bond motifs is 2. The monoisotopic (exact) mass is 702 g/mol. The molecule has 0 aromatic heterocycles. The molecule has 0 unspecified atom stereocenters. The summed E-state index contributed by atoms with van der Waals surface area (Å²) in [5, 5.41) is 29.4. The van der Waals surface area contributed by atoms with Gasteiger partial charge in [-0.25, -0.2) is 0 Å². The Labute approximate surface area is 315 Å². The Kier molecular flexibility index (Phi) is 9.77. The summed E-state index contributed by atoms with van der Waals surface area (Å²) in [6, 6.07) is 48.1. The van der Waals surface area contributed by atoms with E-state index in [2.05, 4.69) is 59.2 Å². The standard InChI is InChI=1S/C48H38N4O2/c1-29(2)47(53)51-45-41(39-15-7-11-35-9-5-13-37(43(35)39)33-21-17-31(27-49)18-22-33)25-26-42(46(45)52-48(54)30(3)4)40-16-8-12-36-10-6-14-38(44(36)40)34-23-19-32(28-50)20-24-34/h5-26,29-30H,1-4H3,(H,51,53)(H,52,54). The molecule has 0 aliphatic heterocycles. The van der Waals surface area contributed by atoms with E-state index < -0.39 is 0 Å². The zero-order chi connectivity index (χ0) is 37.9. The van der Waals surface area contributed by atoms with E-state index in [4.69, 9.17) is 0 Å². The molecule has 7 aromatic rings. The van der Waals surface area contributed by atoms with Gasteiger partial charge in [0, 0.05) is 23.0 Å². The highest BCUT2D eigenvalue weighted by molar-refractivity contribution is 6.17. The Hall–Kier alpha value is -7.02. The summed E-state index contributed by atoms with van der Waals surface area (Å²) in [7, 11) is 0. The quantitative estimate of drug-likeness (QED) is 0.164. The lowest BCUT2D eigenvalue weighted by Crippen LogP contribution is -2.23. The highest BCUT2D eigenvalue weighted by Crippen LogP contribution is 2.48. The van der Waals surface area contributed by atoms with Crippen LogP contribution in [0.1, 0.15) is 38.8 Å². The van der Waals surface area contributed by atoms with Crippen LogP contribution < -0.4 is 10.6 Å². The molecule has 0 aliphatic rings. The number of hydrogen-bond donors (Lipinski definition) is 2. The molecule has 0 fully saturated rings. The van der Waals surface area contributed by atoms with Gasteiger partial charge in [0.25, 0.3) is 0 Å². The van der Waals surface area contributed by atoms with Crippen LogP contribution in [0.15, 0.2) is 133 Å². The summed E-state index contributed by atoms with van der Waals surface area (Å²) in [5.74, 6) is -1.04. The molecular formula is C48H38N4O2. The number of amides is 2. The largest absolute Gasteiger partial charge is 0.324 e. The maximum Gasteiger partial charge on any atom is 0.226 e. The number of nitriles is 2. The van der Waals surface area contributed by atoms with Crippen molar-refractivity contribution in [1.82, 2.24) is 0 Å². The molecule has 6 heteroatoms. The van der Waals surface area contributed by atoms with Crippen molar-refractivity contribution in [2.24, 2.45) is 11.8 Å². The number of rotatable bonds is 8. The first kappa shape index (κ1) is 35.4. The number of carbonyl (C=O) groups is 2. The highest BCUT2D eigenvalue weighted by Gasteiger charge is 2.25. The van der Waals surface area contributed by atoms with Crippen molar-refractivity contribution in [1.29, 1.82) is 10.5 Å². The van der Waals surface area contributed by atoms with Crippen molar-refractivity contribution in [2.75, 3.05) is 10.6 Å². The maximum atomic E-state index is 13.8. The number of anilines is 2. The summed E-state index contributed by atoms with van der Waals surface area (Å²) >= 11 is 0. The molecule has 0 saturated heterocycles. The second kappa shape index (κ2) is 14.9. The summed E-state index contributed by atoms with van der Waals surface area (Å²) < 4.78 is 0. The SMILES string of the molecule is CC(C)C(=O)Nc1c(-c2cccc3cccc(-c4ccc(C#N)cc4)c23)ccc(-c2cccc3cccc(-c4ccc(C#N)cc4)c23)c1NC(=O)C(C)C. The number of benzene rings is 7. The van der Waals surface area contributed by atoms with Gasteiger partial charge in [-0.05, 0) is 79.2 Å². The van der Waals surface area contributed by atoms with Gasteiger partial charge in [-0.15, -0.1) is 0 Å². The van der Waals surface area contributed by atoms with E-state index in [1.165, 1.54) is 0 Å². The van der Waals surface area contributed by atoms with E-state index in [9.17, 15) is 20.1 Å². The zero-order valence-electron chi connectivity index (χ0n) is 30.6. The average molecular weight is 703 g/mol. The Morgan fingerprint density at radius 1 is 0.444 bits per heavy atom. The molecule has 0 bridgehead atoms. The van der Waals surface area contributed by atoms with Gasteiger partial charge in [-0.1, -0.05) is 137 Å². The number of nitrogens with one attached hydrogen (secondary N) is 2. The molecule has 7 rings (SSSR count). The lowest BCUT2D eigenvalue weighted by molar-refractivity contribution is -0.119. The summed E-state index contributed by atoms with van der Waals surface area (Å²) in [6.07, 6.45) is 0. The van der Waals surface area contributed by atoms with Crippen LogP contribution in [0.4, 0.5) is 11.4 Å². The fourth-order valence-electron chi connectivity index (χ4n) is 6.91. The fraction of sp³-hybridized carbons (Fsp3) is 0.125. The van der Waals surface area contributed by atoms with Crippen molar-refractivity contribution in [3.05, 3.63) is 145 Å². The van der Waals surface area contributed by atoms with Crippen molar-refractivity contribution >= 4 is 44.7 Å². The first-order chi connectivity index (χ1) is 26.2. The fourth-order valence-corrected chi connectivity index (χ4v) is 6.91. The van der Waals surface area contributed by atoms with Crippen LogP contribution in [0.5, 0.6) is 0 Å². The van der Waals surface area contributed by atoms with Crippen molar-refractivity contribution in [3.63, 3.8) is 0 Å². The Bertz CT molecular complexity index is 2460. The van der Waals surface area contributed by atoms with Gasteiger partial charge < -0.3 is 10.6 Å². The van der Waals surface area contributed by atoms with E-state index in [1.54, 1.807) is 0 Å².